The van der Waals surface area contributed by atoms with E-state index in [2.05, 4.69) is 17.3 Å². The smallest absolute Gasteiger partial charge is 0.417 e. The van der Waals surface area contributed by atoms with E-state index in [4.69, 9.17) is 4.74 Å². The van der Waals surface area contributed by atoms with Gasteiger partial charge < -0.3 is 15.0 Å². The van der Waals surface area contributed by atoms with Crippen LogP contribution in [0.2, 0.25) is 0 Å². The van der Waals surface area contributed by atoms with Crippen molar-refractivity contribution < 1.29 is 22.7 Å². The zero-order valence-electron chi connectivity index (χ0n) is 14.9. The number of amides is 1. The second-order valence-electron chi connectivity index (χ2n) is 6.65. The third-order valence-electron chi connectivity index (χ3n) is 4.54. The monoisotopic (exact) mass is 378 g/mol. The average Bonchev–Trinajstić information content (AvgIpc) is 2.63. The lowest BCUT2D eigenvalue weighted by Crippen LogP contribution is -2.35. The Morgan fingerprint density at radius 2 is 1.81 bits per heavy atom. The van der Waals surface area contributed by atoms with E-state index in [0.29, 0.717) is 11.4 Å². The largest absolute Gasteiger partial charge is 0.490 e. The van der Waals surface area contributed by atoms with Crippen molar-refractivity contribution >= 4 is 11.6 Å². The van der Waals surface area contributed by atoms with E-state index >= 15 is 0 Å². The van der Waals surface area contributed by atoms with Gasteiger partial charge in [-0.15, -0.1) is 0 Å². The Morgan fingerprint density at radius 1 is 1.11 bits per heavy atom. The number of hydrogen-bond donors (Lipinski definition) is 1. The van der Waals surface area contributed by atoms with Crippen LogP contribution in [0.3, 0.4) is 0 Å². The van der Waals surface area contributed by atoms with Crippen molar-refractivity contribution in [2.75, 3.05) is 25.5 Å². The van der Waals surface area contributed by atoms with E-state index in [1.165, 1.54) is 12.1 Å². The van der Waals surface area contributed by atoms with E-state index < -0.39 is 23.2 Å². The maximum Gasteiger partial charge on any atom is 0.417 e. The van der Waals surface area contributed by atoms with Gasteiger partial charge in [0.2, 0.25) is 0 Å². The zero-order chi connectivity index (χ0) is 19.4. The van der Waals surface area contributed by atoms with Crippen molar-refractivity contribution in [3.05, 3.63) is 59.7 Å². The van der Waals surface area contributed by atoms with Crippen LogP contribution in [0.25, 0.3) is 0 Å². The molecule has 2 aromatic carbocycles. The number of carbonyl (C=O) groups excluding carboxylic acids is 1. The Kier molecular flexibility index (Phi) is 5.70. The van der Waals surface area contributed by atoms with Crippen LogP contribution >= 0.6 is 0 Å². The number of hydrogen-bond acceptors (Lipinski definition) is 3. The van der Waals surface area contributed by atoms with E-state index in [0.717, 1.165) is 38.1 Å². The molecule has 2 aromatic rings. The predicted octanol–water partition coefficient (Wildman–Crippen LogP) is 4.43. The molecule has 1 fully saturated rings. The van der Waals surface area contributed by atoms with Crippen molar-refractivity contribution in [3.8, 4) is 5.75 Å². The standard InChI is InChI=1S/C20H21F3N2O2/c1-25-11-9-15(10-12-25)27-16-6-4-5-14(13-16)24-19(26)17-7-2-3-8-18(17)20(21,22)23/h2-8,13,15H,9-12H2,1H3,(H,24,26). The van der Waals surface area contributed by atoms with E-state index in [1.807, 2.05) is 0 Å². The molecule has 0 aromatic heterocycles. The number of halogens is 3. The summed E-state index contributed by atoms with van der Waals surface area (Å²) in [4.78, 5) is 14.6. The molecule has 1 amide bonds. The summed E-state index contributed by atoms with van der Waals surface area (Å²) in [5, 5.41) is 2.53. The number of nitrogens with zero attached hydrogens (tertiary/aromatic N) is 1. The molecule has 0 atom stereocenters. The quantitative estimate of drug-likeness (QED) is 0.856. The van der Waals surface area contributed by atoms with Crippen LogP contribution in [0, 0.1) is 0 Å². The molecule has 144 valence electrons. The van der Waals surface area contributed by atoms with Crippen LogP contribution in [0.1, 0.15) is 28.8 Å². The van der Waals surface area contributed by atoms with Crippen LogP contribution in [-0.2, 0) is 6.18 Å². The summed E-state index contributed by atoms with van der Waals surface area (Å²) in [6.07, 6.45) is -2.68. The Hall–Kier alpha value is -2.54. The minimum Gasteiger partial charge on any atom is -0.490 e. The number of piperidine rings is 1. The normalized spacial score (nSPS) is 16.1. The predicted molar refractivity (Wildman–Crippen MR) is 97.0 cm³/mol. The summed E-state index contributed by atoms with van der Waals surface area (Å²) in [6, 6.07) is 11.5. The Labute approximate surface area is 155 Å². The Balaban J connectivity index is 1.71. The summed E-state index contributed by atoms with van der Waals surface area (Å²) in [6.45, 7) is 1.91. The number of carbonyl (C=O) groups is 1. The van der Waals surface area contributed by atoms with Gasteiger partial charge in [0.05, 0.1) is 11.1 Å². The molecule has 0 aliphatic carbocycles. The molecule has 0 spiro atoms. The minimum absolute atomic E-state index is 0.0955. The van der Waals surface area contributed by atoms with Crippen LogP contribution in [0.5, 0.6) is 5.75 Å². The molecule has 0 saturated carbocycles. The fourth-order valence-corrected chi connectivity index (χ4v) is 3.07. The number of nitrogens with one attached hydrogen (secondary N) is 1. The molecular formula is C20H21F3N2O2. The van der Waals surface area contributed by atoms with Gasteiger partial charge in [0.25, 0.3) is 5.91 Å². The van der Waals surface area contributed by atoms with Gasteiger partial charge in [0.15, 0.2) is 0 Å². The second-order valence-corrected chi connectivity index (χ2v) is 6.65. The van der Waals surface area contributed by atoms with Crippen LogP contribution < -0.4 is 10.1 Å². The van der Waals surface area contributed by atoms with Gasteiger partial charge in [0, 0.05) is 24.8 Å². The van der Waals surface area contributed by atoms with Gasteiger partial charge in [-0.25, -0.2) is 0 Å². The molecule has 3 rings (SSSR count). The number of alkyl halides is 3. The Morgan fingerprint density at radius 3 is 2.52 bits per heavy atom. The van der Waals surface area contributed by atoms with E-state index in [-0.39, 0.29) is 6.10 Å². The molecule has 4 nitrogen and oxygen atoms in total. The van der Waals surface area contributed by atoms with Crippen molar-refractivity contribution in [1.29, 1.82) is 0 Å². The fraction of sp³-hybridized carbons (Fsp3) is 0.350. The minimum atomic E-state index is -4.59. The van der Waals surface area contributed by atoms with Gasteiger partial charge >= 0.3 is 6.18 Å². The summed E-state index contributed by atoms with van der Waals surface area (Å²) in [5.41, 5.74) is -0.977. The third kappa shape index (κ3) is 5.01. The first-order chi connectivity index (χ1) is 12.8. The summed E-state index contributed by atoms with van der Waals surface area (Å²) in [5.74, 6) is -0.217. The average molecular weight is 378 g/mol. The van der Waals surface area contributed by atoms with Crippen molar-refractivity contribution in [2.24, 2.45) is 0 Å². The third-order valence-corrected chi connectivity index (χ3v) is 4.54. The van der Waals surface area contributed by atoms with Crippen LogP contribution in [0.15, 0.2) is 48.5 Å². The van der Waals surface area contributed by atoms with Crippen LogP contribution in [-0.4, -0.2) is 37.0 Å². The number of benzene rings is 2. The lowest BCUT2D eigenvalue weighted by atomic mass is 10.1. The summed E-state index contributed by atoms with van der Waals surface area (Å²) in [7, 11) is 2.06. The topological polar surface area (TPSA) is 41.6 Å². The van der Waals surface area contributed by atoms with Gasteiger partial charge in [-0.05, 0) is 44.2 Å². The number of ether oxygens (including phenoxy) is 1. The van der Waals surface area contributed by atoms with E-state index in [1.54, 1.807) is 24.3 Å². The molecule has 1 saturated heterocycles. The summed E-state index contributed by atoms with van der Waals surface area (Å²) >= 11 is 0. The highest BCUT2D eigenvalue weighted by Gasteiger charge is 2.34. The van der Waals surface area contributed by atoms with Gasteiger partial charge in [0.1, 0.15) is 11.9 Å². The number of anilines is 1. The highest BCUT2D eigenvalue weighted by atomic mass is 19.4. The molecule has 1 aliphatic heterocycles. The molecular weight excluding hydrogens is 357 g/mol. The molecule has 0 unspecified atom stereocenters. The highest BCUT2D eigenvalue weighted by Crippen LogP contribution is 2.32. The van der Waals surface area contributed by atoms with Gasteiger partial charge in [-0.1, -0.05) is 18.2 Å². The maximum absolute atomic E-state index is 13.1. The fourth-order valence-electron chi connectivity index (χ4n) is 3.07. The zero-order valence-corrected chi connectivity index (χ0v) is 14.9. The molecule has 1 N–H and O–H groups in total. The number of rotatable bonds is 4. The maximum atomic E-state index is 13.1. The Bertz CT molecular complexity index is 800. The molecule has 0 radical (unpaired) electrons. The molecule has 1 aliphatic rings. The highest BCUT2D eigenvalue weighted by molar-refractivity contribution is 6.05. The van der Waals surface area contributed by atoms with Gasteiger partial charge in [-0.3, -0.25) is 4.79 Å². The molecule has 27 heavy (non-hydrogen) atoms. The lowest BCUT2D eigenvalue weighted by molar-refractivity contribution is -0.137. The molecule has 1 heterocycles. The number of likely N-dealkylation sites (tertiary alicyclic amines) is 1. The van der Waals surface area contributed by atoms with Crippen LogP contribution in [0.4, 0.5) is 18.9 Å². The van der Waals surface area contributed by atoms with Crippen molar-refractivity contribution in [3.63, 3.8) is 0 Å². The molecule has 7 heteroatoms. The first kappa shape index (κ1) is 19.2. The molecule has 0 bridgehead atoms. The van der Waals surface area contributed by atoms with E-state index in [9.17, 15) is 18.0 Å². The van der Waals surface area contributed by atoms with Crippen molar-refractivity contribution in [2.45, 2.75) is 25.1 Å². The lowest BCUT2D eigenvalue weighted by Gasteiger charge is -2.29. The van der Waals surface area contributed by atoms with Gasteiger partial charge in [-0.2, -0.15) is 13.2 Å². The second kappa shape index (κ2) is 8.00. The first-order valence-corrected chi connectivity index (χ1v) is 8.76. The van der Waals surface area contributed by atoms with Crippen molar-refractivity contribution in [1.82, 2.24) is 4.90 Å². The SMILES string of the molecule is CN1CCC(Oc2cccc(NC(=O)c3ccccc3C(F)(F)F)c2)CC1. The summed E-state index contributed by atoms with van der Waals surface area (Å²) < 4.78 is 45.2. The first-order valence-electron chi connectivity index (χ1n) is 8.76.